The monoisotopic (exact) mass is 320 g/mol. The molecule has 2 aliphatic heterocycles. The Labute approximate surface area is 139 Å². The molecule has 0 atom stereocenters. The highest BCUT2D eigenvalue weighted by Crippen LogP contribution is 2.29. The first-order valence-electron chi connectivity index (χ1n) is 9.00. The van der Waals surface area contributed by atoms with Crippen LogP contribution in [0.15, 0.2) is 27.9 Å². The molecule has 0 spiro atoms. The SMILES string of the molecule is CC(C)(F)COC1=NC2=C(CCN(CC=C3CCCCC3)C2)C1. The lowest BCUT2D eigenvalue weighted by Gasteiger charge is -2.26. The largest absolute Gasteiger partial charge is 0.477 e. The van der Waals surface area contributed by atoms with Gasteiger partial charge in [-0.3, -0.25) is 4.90 Å². The van der Waals surface area contributed by atoms with Crippen molar-refractivity contribution in [2.75, 3.05) is 26.2 Å². The first-order valence-corrected chi connectivity index (χ1v) is 9.00. The zero-order valence-corrected chi connectivity index (χ0v) is 14.5. The maximum Gasteiger partial charge on any atom is 0.192 e. The van der Waals surface area contributed by atoms with E-state index >= 15 is 0 Å². The van der Waals surface area contributed by atoms with Crippen molar-refractivity contribution in [2.24, 2.45) is 4.99 Å². The van der Waals surface area contributed by atoms with Gasteiger partial charge >= 0.3 is 0 Å². The number of nitrogens with zero attached hydrogens (tertiary/aromatic N) is 2. The lowest BCUT2D eigenvalue weighted by molar-refractivity contribution is 0.112. The van der Waals surface area contributed by atoms with Crippen LogP contribution in [0.2, 0.25) is 0 Å². The van der Waals surface area contributed by atoms with E-state index in [-0.39, 0.29) is 6.61 Å². The topological polar surface area (TPSA) is 24.8 Å². The fourth-order valence-corrected chi connectivity index (χ4v) is 3.48. The van der Waals surface area contributed by atoms with Gasteiger partial charge in [-0.05, 0) is 51.5 Å². The third-order valence-electron chi connectivity index (χ3n) is 4.85. The number of hydrogen-bond acceptors (Lipinski definition) is 3. The van der Waals surface area contributed by atoms with E-state index < -0.39 is 5.67 Å². The van der Waals surface area contributed by atoms with Crippen LogP contribution in [-0.2, 0) is 4.74 Å². The van der Waals surface area contributed by atoms with Gasteiger partial charge in [0.2, 0.25) is 0 Å². The van der Waals surface area contributed by atoms with Crippen molar-refractivity contribution >= 4 is 5.90 Å². The van der Waals surface area contributed by atoms with Crippen molar-refractivity contribution in [3.63, 3.8) is 0 Å². The lowest BCUT2D eigenvalue weighted by atomic mass is 9.94. The highest BCUT2D eigenvalue weighted by Gasteiger charge is 2.26. The summed E-state index contributed by atoms with van der Waals surface area (Å²) in [6, 6.07) is 0. The van der Waals surface area contributed by atoms with Gasteiger partial charge in [0, 0.05) is 26.1 Å². The Bertz CT molecular complexity index is 520. The zero-order chi connectivity index (χ0) is 16.3. The molecule has 1 saturated carbocycles. The molecule has 1 aliphatic carbocycles. The van der Waals surface area contributed by atoms with Gasteiger partial charge in [0.25, 0.3) is 0 Å². The molecule has 1 fully saturated rings. The van der Waals surface area contributed by atoms with Gasteiger partial charge in [-0.15, -0.1) is 0 Å². The number of halogens is 1. The molecule has 0 radical (unpaired) electrons. The zero-order valence-electron chi connectivity index (χ0n) is 14.5. The average molecular weight is 320 g/mol. The summed E-state index contributed by atoms with van der Waals surface area (Å²) in [5, 5.41) is 0. The minimum atomic E-state index is -1.30. The predicted octanol–water partition coefficient (Wildman–Crippen LogP) is 4.40. The summed E-state index contributed by atoms with van der Waals surface area (Å²) in [6.07, 6.45) is 11.0. The minimum Gasteiger partial charge on any atom is -0.477 e. The third-order valence-corrected chi connectivity index (χ3v) is 4.85. The third kappa shape index (κ3) is 4.90. The molecule has 4 heteroatoms. The Morgan fingerprint density at radius 1 is 1.22 bits per heavy atom. The van der Waals surface area contributed by atoms with Crippen molar-refractivity contribution in [1.82, 2.24) is 4.90 Å². The number of aliphatic imine (C=N–C) groups is 1. The standard InChI is InChI=1S/C19H29FN2O/c1-19(2,20)14-23-18-12-16-9-11-22(13-17(16)21-18)10-8-15-6-4-3-5-7-15/h8H,3-7,9-14H2,1-2H3. The van der Waals surface area contributed by atoms with Crippen molar-refractivity contribution in [1.29, 1.82) is 0 Å². The molecule has 0 unspecified atom stereocenters. The fourth-order valence-electron chi connectivity index (χ4n) is 3.48. The molecule has 0 aromatic heterocycles. The number of allylic oxidation sites excluding steroid dienone is 1. The Morgan fingerprint density at radius 2 is 2.00 bits per heavy atom. The second kappa shape index (κ2) is 7.16. The van der Waals surface area contributed by atoms with Gasteiger partial charge in [0.1, 0.15) is 12.3 Å². The second-order valence-electron chi connectivity index (χ2n) is 7.65. The molecule has 0 saturated heterocycles. The molecule has 128 valence electrons. The van der Waals surface area contributed by atoms with Crippen molar-refractivity contribution in [2.45, 2.75) is 64.5 Å². The minimum absolute atomic E-state index is 0.0855. The van der Waals surface area contributed by atoms with Crippen LogP contribution in [0, 0.1) is 0 Å². The Kier molecular flexibility index (Phi) is 5.20. The van der Waals surface area contributed by atoms with E-state index in [0.717, 1.165) is 38.2 Å². The van der Waals surface area contributed by atoms with Crippen molar-refractivity contribution < 1.29 is 9.13 Å². The Morgan fingerprint density at radius 3 is 2.74 bits per heavy atom. The molecule has 0 aromatic carbocycles. The summed E-state index contributed by atoms with van der Waals surface area (Å²) in [7, 11) is 0. The summed E-state index contributed by atoms with van der Waals surface area (Å²) < 4.78 is 19.1. The van der Waals surface area contributed by atoms with Crippen LogP contribution in [0.4, 0.5) is 4.39 Å². The first kappa shape index (κ1) is 16.7. The van der Waals surface area contributed by atoms with Gasteiger partial charge in [0.15, 0.2) is 5.90 Å². The predicted molar refractivity (Wildman–Crippen MR) is 92.4 cm³/mol. The summed E-state index contributed by atoms with van der Waals surface area (Å²) in [4.78, 5) is 7.07. The van der Waals surface area contributed by atoms with E-state index in [2.05, 4.69) is 16.0 Å². The van der Waals surface area contributed by atoms with Crippen LogP contribution < -0.4 is 0 Å². The Hall–Kier alpha value is -1.16. The lowest BCUT2D eigenvalue weighted by Crippen LogP contribution is -2.31. The summed E-state index contributed by atoms with van der Waals surface area (Å²) in [6.45, 7) is 6.20. The normalized spacial score (nSPS) is 22.9. The molecule has 0 bridgehead atoms. The smallest absolute Gasteiger partial charge is 0.192 e. The van der Waals surface area contributed by atoms with E-state index in [1.165, 1.54) is 51.5 Å². The summed E-state index contributed by atoms with van der Waals surface area (Å²) >= 11 is 0. The van der Waals surface area contributed by atoms with E-state index in [9.17, 15) is 4.39 Å². The number of hydrogen-bond donors (Lipinski definition) is 0. The molecule has 0 N–H and O–H groups in total. The van der Waals surface area contributed by atoms with Crippen LogP contribution in [-0.4, -0.2) is 42.7 Å². The molecular weight excluding hydrogens is 291 g/mol. The van der Waals surface area contributed by atoms with E-state index in [1.807, 2.05) is 0 Å². The molecule has 0 aromatic rings. The maximum atomic E-state index is 13.5. The first-order chi connectivity index (χ1) is 11.0. The maximum absolute atomic E-state index is 13.5. The summed E-state index contributed by atoms with van der Waals surface area (Å²) in [5.74, 6) is 0.702. The van der Waals surface area contributed by atoms with Gasteiger partial charge in [-0.1, -0.05) is 18.1 Å². The van der Waals surface area contributed by atoms with Crippen LogP contribution in [0.1, 0.15) is 58.8 Å². The highest BCUT2D eigenvalue weighted by molar-refractivity contribution is 5.83. The van der Waals surface area contributed by atoms with E-state index in [1.54, 1.807) is 5.57 Å². The van der Waals surface area contributed by atoms with Crippen LogP contribution >= 0.6 is 0 Å². The van der Waals surface area contributed by atoms with Gasteiger partial charge in [0.05, 0.1) is 5.70 Å². The van der Waals surface area contributed by atoms with Crippen LogP contribution in [0.25, 0.3) is 0 Å². The summed E-state index contributed by atoms with van der Waals surface area (Å²) in [5.41, 5.74) is 2.88. The number of rotatable bonds is 4. The van der Waals surface area contributed by atoms with Crippen LogP contribution in [0.5, 0.6) is 0 Å². The van der Waals surface area contributed by atoms with Crippen molar-refractivity contribution in [3.8, 4) is 0 Å². The molecule has 3 nitrogen and oxygen atoms in total. The number of ether oxygens (including phenoxy) is 1. The molecule has 3 rings (SSSR count). The Balaban J connectivity index is 1.50. The van der Waals surface area contributed by atoms with Gasteiger partial charge < -0.3 is 4.74 Å². The average Bonchev–Trinajstić information content (AvgIpc) is 2.93. The molecule has 3 aliphatic rings. The molecule has 0 amide bonds. The quantitative estimate of drug-likeness (QED) is 0.717. The van der Waals surface area contributed by atoms with Gasteiger partial charge in [-0.25, -0.2) is 9.38 Å². The van der Waals surface area contributed by atoms with Gasteiger partial charge in [-0.2, -0.15) is 0 Å². The van der Waals surface area contributed by atoms with E-state index in [0.29, 0.717) is 5.90 Å². The second-order valence-corrected chi connectivity index (χ2v) is 7.65. The number of alkyl halides is 1. The van der Waals surface area contributed by atoms with E-state index in [4.69, 9.17) is 4.74 Å². The van der Waals surface area contributed by atoms with Crippen LogP contribution in [0.3, 0.4) is 0 Å². The fraction of sp³-hybridized carbons (Fsp3) is 0.737. The molecule has 23 heavy (non-hydrogen) atoms. The highest BCUT2D eigenvalue weighted by atomic mass is 19.1. The molecule has 2 heterocycles. The molecular formula is C19H29FN2O. The van der Waals surface area contributed by atoms with Crippen molar-refractivity contribution in [3.05, 3.63) is 22.9 Å².